The molecule has 2 heterocycles. The van der Waals surface area contributed by atoms with Gasteiger partial charge in [0.15, 0.2) is 5.82 Å². The van der Waals surface area contributed by atoms with Crippen molar-refractivity contribution in [2.24, 2.45) is 0 Å². The second kappa shape index (κ2) is 7.70. The Morgan fingerprint density at radius 3 is 2.09 bits per heavy atom. The van der Waals surface area contributed by atoms with Gasteiger partial charge in [-0.3, -0.25) is 0 Å². The van der Waals surface area contributed by atoms with Gasteiger partial charge in [0.2, 0.25) is 0 Å². The van der Waals surface area contributed by atoms with Crippen molar-refractivity contribution >= 4 is 31.5 Å². The molecular formula is C29H20N2S. The third-order valence-corrected chi connectivity index (χ3v) is 6.88. The largest absolute Gasteiger partial charge is 0.228 e. The highest BCUT2D eigenvalue weighted by Gasteiger charge is 2.12. The Morgan fingerprint density at radius 2 is 1.25 bits per heavy atom. The number of hydrogen-bond donors (Lipinski definition) is 0. The summed E-state index contributed by atoms with van der Waals surface area (Å²) in [6.45, 7) is 2.10. The number of rotatable bonds is 3. The highest BCUT2D eigenvalue weighted by Crippen LogP contribution is 2.36. The second-order valence-corrected chi connectivity index (χ2v) is 9.09. The minimum atomic E-state index is 0.751. The molecule has 0 radical (unpaired) electrons. The average molecular weight is 429 g/mol. The van der Waals surface area contributed by atoms with Crippen molar-refractivity contribution in [1.82, 2.24) is 9.97 Å². The molecule has 152 valence electrons. The fourth-order valence-corrected chi connectivity index (χ4v) is 5.30. The van der Waals surface area contributed by atoms with Gasteiger partial charge >= 0.3 is 0 Å². The third-order valence-electron chi connectivity index (χ3n) is 5.75. The van der Waals surface area contributed by atoms with E-state index in [0.717, 1.165) is 33.9 Å². The monoisotopic (exact) mass is 428 g/mol. The number of hydrogen-bond acceptors (Lipinski definition) is 3. The maximum absolute atomic E-state index is 4.99. The molecule has 4 aromatic carbocycles. The van der Waals surface area contributed by atoms with E-state index in [1.165, 1.54) is 25.7 Å². The van der Waals surface area contributed by atoms with E-state index in [0.29, 0.717) is 0 Å². The normalized spacial score (nSPS) is 11.3. The lowest BCUT2D eigenvalue weighted by molar-refractivity contribution is 1.18. The second-order valence-electron chi connectivity index (χ2n) is 8.01. The van der Waals surface area contributed by atoms with E-state index < -0.39 is 0 Å². The zero-order valence-electron chi connectivity index (χ0n) is 17.6. The summed E-state index contributed by atoms with van der Waals surface area (Å²) in [5.74, 6) is 0.751. The van der Waals surface area contributed by atoms with E-state index in [-0.39, 0.29) is 0 Å². The Bertz CT molecular complexity index is 1580. The molecule has 0 amide bonds. The Balaban J connectivity index is 1.56. The molecule has 2 nitrogen and oxygen atoms in total. The van der Waals surface area contributed by atoms with Gasteiger partial charge < -0.3 is 0 Å². The number of fused-ring (bicyclic) bond motifs is 3. The molecule has 0 unspecified atom stereocenters. The van der Waals surface area contributed by atoms with E-state index in [4.69, 9.17) is 9.97 Å². The van der Waals surface area contributed by atoms with Crippen LogP contribution in [0.2, 0.25) is 0 Å². The number of thiophene rings is 1. The molecule has 3 heteroatoms. The number of benzene rings is 4. The fraction of sp³-hybridized carbons (Fsp3) is 0.0345. The summed E-state index contributed by atoms with van der Waals surface area (Å²) < 4.78 is 2.59. The molecule has 0 aliphatic carbocycles. The topological polar surface area (TPSA) is 25.8 Å². The zero-order valence-corrected chi connectivity index (χ0v) is 18.4. The Labute approximate surface area is 190 Å². The van der Waals surface area contributed by atoms with Crippen LogP contribution in [-0.4, -0.2) is 9.97 Å². The lowest BCUT2D eigenvalue weighted by Crippen LogP contribution is -1.96. The molecular weight excluding hydrogens is 408 g/mol. The van der Waals surface area contributed by atoms with E-state index in [1.54, 1.807) is 0 Å². The Morgan fingerprint density at radius 1 is 0.531 bits per heavy atom. The van der Waals surface area contributed by atoms with Crippen LogP contribution in [0.1, 0.15) is 5.56 Å². The van der Waals surface area contributed by atoms with E-state index >= 15 is 0 Å². The molecule has 32 heavy (non-hydrogen) atoms. The number of nitrogens with zero attached hydrogens (tertiary/aromatic N) is 2. The van der Waals surface area contributed by atoms with Crippen molar-refractivity contribution in [3.05, 3.63) is 109 Å². The van der Waals surface area contributed by atoms with Crippen LogP contribution in [0.25, 0.3) is 54.1 Å². The molecule has 0 fully saturated rings. The lowest BCUT2D eigenvalue weighted by Gasteiger charge is -2.10. The van der Waals surface area contributed by atoms with Gasteiger partial charge in [0.05, 0.1) is 11.4 Å². The van der Waals surface area contributed by atoms with Crippen molar-refractivity contribution in [2.75, 3.05) is 0 Å². The van der Waals surface area contributed by atoms with Crippen LogP contribution in [0.3, 0.4) is 0 Å². The van der Waals surface area contributed by atoms with Gasteiger partial charge in [-0.2, -0.15) is 0 Å². The number of aromatic nitrogens is 2. The molecule has 6 aromatic rings. The molecule has 0 bridgehead atoms. The third kappa shape index (κ3) is 3.37. The van der Waals surface area contributed by atoms with Crippen molar-refractivity contribution in [3.63, 3.8) is 0 Å². The predicted octanol–water partition coefficient (Wildman–Crippen LogP) is 8.15. The summed E-state index contributed by atoms with van der Waals surface area (Å²) in [5, 5.41) is 2.61. The van der Waals surface area contributed by atoms with Gasteiger partial charge in [0, 0.05) is 36.9 Å². The van der Waals surface area contributed by atoms with Crippen LogP contribution in [0, 0.1) is 6.92 Å². The van der Waals surface area contributed by atoms with Gasteiger partial charge in [0.25, 0.3) is 0 Å². The van der Waals surface area contributed by atoms with Crippen molar-refractivity contribution in [3.8, 4) is 33.9 Å². The van der Waals surface area contributed by atoms with Crippen LogP contribution in [0.4, 0.5) is 0 Å². The van der Waals surface area contributed by atoms with Gasteiger partial charge in [-0.05, 0) is 31.2 Å². The van der Waals surface area contributed by atoms with Gasteiger partial charge in [-0.25, -0.2) is 9.97 Å². The fourth-order valence-electron chi connectivity index (χ4n) is 4.15. The molecule has 2 aromatic heterocycles. The van der Waals surface area contributed by atoms with Crippen LogP contribution in [0.15, 0.2) is 103 Å². The molecule has 0 saturated heterocycles. The predicted molar refractivity (Wildman–Crippen MR) is 136 cm³/mol. The van der Waals surface area contributed by atoms with Crippen LogP contribution in [0.5, 0.6) is 0 Å². The maximum atomic E-state index is 4.99. The summed E-state index contributed by atoms with van der Waals surface area (Å²) in [6, 6.07) is 36.1. The summed E-state index contributed by atoms with van der Waals surface area (Å²) in [5.41, 5.74) is 6.31. The molecule has 0 N–H and O–H groups in total. The van der Waals surface area contributed by atoms with Crippen molar-refractivity contribution in [1.29, 1.82) is 0 Å². The van der Waals surface area contributed by atoms with Crippen LogP contribution >= 0.6 is 11.3 Å². The molecule has 0 spiro atoms. The highest BCUT2D eigenvalue weighted by molar-refractivity contribution is 7.25. The highest BCUT2D eigenvalue weighted by atomic mass is 32.1. The lowest BCUT2D eigenvalue weighted by atomic mass is 10.0. The van der Waals surface area contributed by atoms with Gasteiger partial charge in [-0.15, -0.1) is 11.3 Å². The first-order valence-electron chi connectivity index (χ1n) is 10.7. The summed E-state index contributed by atoms with van der Waals surface area (Å²) >= 11 is 1.83. The molecule has 0 atom stereocenters. The SMILES string of the molecule is Cc1cccc(-c2nc(-c3ccccc3)cc(-c3ccc4c(c3)sc3ccccc34)n2)c1. The summed E-state index contributed by atoms with van der Waals surface area (Å²) in [4.78, 5) is 9.92. The Kier molecular flexibility index (Phi) is 4.55. The smallest absolute Gasteiger partial charge is 0.160 e. The molecule has 0 saturated carbocycles. The van der Waals surface area contributed by atoms with Crippen molar-refractivity contribution in [2.45, 2.75) is 6.92 Å². The summed E-state index contributed by atoms with van der Waals surface area (Å²) in [6.07, 6.45) is 0. The zero-order chi connectivity index (χ0) is 21.5. The molecule has 6 rings (SSSR count). The minimum Gasteiger partial charge on any atom is -0.228 e. The molecule has 0 aliphatic rings. The first-order valence-corrected chi connectivity index (χ1v) is 11.5. The van der Waals surface area contributed by atoms with E-state index in [2.05, 4.69) is 91.9 Å². The Hall–Kier alpha value is -3.82. The van der Waals surface area contributed by atoms with Crippen LogP contribution in [-0.2, 0) is 0 Å². The van der Waals surface area contributed by atoms with E-state index in [1.807, 2.05) is 29.5 Å². The van der Waals surface area contributed by atoms with E-state index in [9.17, 15) is 0 Å². The first-order chi connectivity index (χ1) is 15.7. The van der Waals surface area contributed by atoms with Gasteiger partial charge in [-0.1, -0.05) is 84.4 Å². The minimum absolute atomic E-state index is 0.751. The molecule has 0 aliphatic heterocycles. The first kappa shape index (κ1) is 18.9. The maximum Gasteiger partial charge on any atom is 0.160 e. The van der Waals surface area contributed by atoms with Crippen LogP contribution < -0.4 is 0 Å². The standard InChI is InChI=1S/C29H20N2S/c1-19-8-7-11-22(16-19)29-30-25(20-9-3-2-4-10-20)18-26(31-29)21-14-15-24-23-12-5-6-13-27(23)32-28(24)17-21/h2-18H,1H3. The van der Waals surface area contributed by atoms with Crippen molar-refractivity contribution < 1.29 is 0 Å². The average Bonchev–Trinajstić information content (AvgIpc) is 3.22. The summed E-state index contributed by atoms with van der Waals surface area (Å²) in [7, 11) is 0. The quantitative estimate of drug-likeness (QED) is 0.284. The number of aryl methyl sites for hydroxylation is 1. The van der Waals surface area contributed by atoms with Gasteiger partial charge in [0.1, 0.15) is 0 Å².